The number of hydrogen-bond donors (Lipinski definition) is 0. The summed E-state index contributed by atoms with van der Waals surface area (Å²) in [6.45, 7) is 2.44. The minimum atomic E-state index is 0.697. The SMILES string of the molecule is CC1CCC2N(C)C2(C2CCC2)CC1. The van der Waals surface area contributed by atoms with Crippen molar-refractivity contribution in [3.05, 3.63) is 0 Å². The van der Waals surface area contributed by atoms with Gasteiger partial charge in [-0.1, -0.05) is 13.3 Å². The average molecular weight is 193 g/mol. The quantitative estimate of drug-likeness (QED) is 0.578. The van der Waals surface area contributed by atoms with Gasteiger partial charge < -0.3 is 0 Å². The molecule has 0 radical (unpaired) electrons. The Hall–Kier alpha value is -0.0400. The molecule has 1 heterocycles. The van der Waals surface area contributed by atoms with Crippen molar-refractivity contribution < 1.29 is 0 Å². The van der Waals surface area contributed by atoms with Crippen LogP contribution in [-0.4, -0.2) is 23.5 Å². The zero-order valence-electron chi connectivity index (χ0n) is 9.63. The Morgan fingerprint density at radius 3 is 2.50 bits per heavy atom. The lowest BCUT2D eigenvalue weighted by molar-refractivity contribution is 0.185. The second-order valence-corrected chi connectivity index (χ2v) is 5.97. The maximum Gasteiger partial charge on any atom is 0.0393 e. The molecule has 14 heavy (non-hydrogen) atoms. The molecule has 0 bridgehead atoms. The Morgan fingerprint density at radius 1 is 1.07 bits per heavy atom. The van der Waals surface area contributed by atoms with Gasteiger partial charge in [-0.2, -0.15) is 0 Å². The summed E-state index contributed by atoms with van der Waals surface area (Å²) in [6, 6.07) is 0.970. The molecule has 1 aliphatic heterocycles. The van der Waals surface area contributed by atoms with E-state index in [0.717, 1.165) is 17.9 Å². The van der Waals surface area contributed by atoms with Crippen molar-refractivity contribution in [1.82, 2.24) is 4.90 Å². The zero-order chi connectivity index (χ0) is 9.76. The summed E-state index contributed by atoms with van der Waals surface area (Å²) in [5.41, 5.74) is 0.697. The standard InChI is InChI=1S/C13H23N/c1-10-6-7-12-13(9-8-10,14(12)2)11-4-3-5-11/h10-12H,3-9H2,1-2H3. The molecule has 1 nitrogen and oxygen atoms in total. The largest absolute Gasteiger partial charge is 0.294 e. The molecule has 4 unspecified atom stereocenters. The lowest BCUT2D eigenvalue weighted by Crippen LogP contribution is -2.34. The highest BCUT2D eigenvalue weighted by Gasteiger charge is 2.64. The highest BCUT2D eigenvalue weighted by Crippen LogP contribution is 2.58. The molecule has 4 atom stereocenters. The van der Waals surface area contributed by atoms with Crippen molar-refractivity contribution >= 4 is 0 Å². The van der Waals surface area contributed by atoms with Crippen LogP contribution in [0.4, 0.5) is 0 Å². The van der Waals surface area contributed by atoms with E-state index in [1.165, 1.54) is 44.9 Å². The van der Waals surface area contributed by atoms with Crippen molar-refractivity contribution in [2.45, 2.75) is 63.5 Å². The number of nitrogens with zero attached hydrogens (tertiary/aromatic N) is 1. The third-order valence-electron chi connectivity index (χ3n) is 5.42. The van der Waals surface area contributed by atoms with Gasteiger partial charge in [0.25, 0.3) is 0 Å². The molecule has 1 heteroatoms. The summed E-state index contributed by atoms with van der Waals surface area (Å²) in [7, 11) is 2.37. The van der Waals surface area contributed by atoms with E-state index in [0.29, 0.717) is 5.54 Å². The molecule has 0 aromatic heterocycles. The highest BCUT2D eigenvalue weighted by molar-refractivity contribution is 5.20. The van der Waals surface area contributed by atoms with Gasteiger partial charge in [-0.15, -0.1) is 0 Å². The minimum absolute atomic E-state index is 0.697. The van der Waals surface area contributed by atoms with Gasteiger partial charge in [0.1, 0.15) is 0 Å². The minimum Gasteiger partial charge on any atom is -0.294 e. The average Bonchev–Trinajstić information content (AvgIpc) is 2.67. The van der Waals surface area contributed by atoms with E-state index in [1.54, 1.807) is 0 Å². The maximum absolute atomic E-state index is 2.71. The molecule has 1 saturated heterocycles. The first-order chi connectivity index (χ1) is 6.75. The van der Waals surface area contributed by atoms with E-state index in [1.807, 2.05) is 0 Å². The van der Waals surface area contributed by atoms with Crippen LogP contribution in [0.25, 0.3) is 0 Å². The fourth-order valence-corrected chi connectivity index (χ4v) is 4.09. The lowest BCUT2D eigenvalue weighted by atomic mass is 9.72. The maximum atomic E-state index is 2.71. The molecule has 0 aromatic carbocycles. The number of hydrogen-bond acceptors (Lipinski definition) is 1. The summed E-state index contributed by atoms with van der Waals surface area (Å²) >= 11 is 0. The fourth-order valence-electron chi connectivity index (χ4n) is 4.09. The van der Waals surface area contributed by atoms with Crippen molar-refractivity contribution in [2.24, 2.45) is 11.8 Å². The summed E-state index contributed by atoms with van der Waals surface area (Å²) in [6.07, 6.45) is 10.5. The van der Waals surface area contributed by atoms with Gasteiger partial charge in [0.15, 0.2) is 0 Å². The first-order valence-electron chi connectivity index (χ1n) is 6.48. The molecule has 0 amide bonds. The van der Waals surface area contributed by atoms with Gasteiger partial charge in [0.05, 0.1) is 0 Å². The Kier molecular flexibility index (Phi) is 1.96. The first kappa shape index (κ1) is 9.21. The van der Waals surface area contributed by atoms with Gasteiger partial charge in [0.2, 0.25) is 0 Å². The number of rotatable bonds is 1. The molecule has 0 aromatic rings. The van der Waals surface area contributed by atoms with Gasteiger partial charge in [-0.05, 0) is 57.4 Å². The second-order valence-electron chi connectivity index (χ2n) is 5.97. The zero-order valence-corrected chi connectivity index (χ0v) is 9.63. The van der Waals surface area contributed by atoms with Crippen LogP contribution < -0.4 is 0 Å². The predicted molar refractivity (Wildman–Crippen MR) is 59.3 cm³/mol. The van der Waals surface area contributed by atoms with E-state index in [-0.39, 0.29) is 0 Å². The summed E-state index contributed by atoms with van der Waals surface area (Å²) in [5.74, 6) is 2.07. The van der Waals surface area contributed by atoms with Crippen molar-refractivity contribution in [3.63, 3.8) is 0 Å². The Labute approximate surface area is 87.9 Å². The van der Waals surface area contributed by atoms with E-state index >= 15 is 0 Å². The molecule has 3 aliphatic rings. The van der Waals surface area contributed by atoms with Crippen molar-refractivity contribution in [3.8, 4) is 0 Å². The highest BCUT2D eigenvalue weighted by atomic mass is 15.4. The predicted octanol–water partition coefficient (Wildman–Crippen LogP) is 3.05. The summed E-state index contributed by atoms with van der Waals surface area (Å²) < 4.78 is 0. The van der Waals surface area contributed by atoms with Crippen LogP contribution in [0, 0.1) is 11.8 Å². The smallest absolute Gasteiger partial charge is 0.0393 e. The molecule has 3 fully saturated rings. The van der Waals surface area contributed by atoms with Crippen molar-refractivity contribution in [2.75, 3.05) is 7.05 Å². The Morgan fingerprint density at radius 2 is 1.86 bits per heavy atom. The van der Waals surface area contributed by atoms with E-state index in [2.05, 4.69) is 18.9 Å². The molecular weight excluding hydrogens is 170 g/mol. The molecule has 3 rings (SSSR count). The van der Waals surface area contributed by atoms with Crippen LogP contribution in [0.15, 0.2) is 0 Å². The Bertz CT molecular complexity index is 233. The lowest BCUT2D eigenvalue weighted by Gasteiger charge is -2.35. The third kappa shape index (κ3) is 1.05. The van der Waals surface area contributed by atoms with Crippen LogP contribution >= 0.6 is 0 Å². The normalized spacial score (nSPS) is 53.1. The van der Waals surface area contributed by atoms with E-state index in [9.17, 15) is 0 Å². The number of likely N-dealkylation sites (tertiary alicyclic amines) is 1. The first-order valence-corrected chi connectivity index (χ1v) is 6.48. The molecule has 0 N–H and O–H groups in total. The number of likely N-dealkylation sites (N-methyl/N-ethyl adjacent to an activating group) is 1. The molecule has 0 spiro atoms. The summed E-state index contributed by atoms with van der Waals surface area (Å²) in [5, 5.41) is 0. The molecule has 2 aliphatic carbocycles. The molecule has 80 valence electrons. The summed E-state index contributed by atoms with van der Waals surface area (Å²) in [4.78, 5) is 2.71. The third-order valence-corrected chi connectivity index (χ3v) is 5.42. The van der Waals surface area contributed by atoms with E-state index in [4.69, 9.17) is 0 Å². The number of fused-ring (bicyclic) bond motifs is 1. The van der Waals surface area contributed by atoms with Crippen LogP contribution in [0.2, 0.25) is 0 Å². The van der Waals surface area contributed by atoms with Crippen molar-refractivity contribution in [1.29, 1.82) is 0 Å². The van der Waals surface area contributed by atoms with Gasteiger partial charge >= 0.3 is 0 Å². The van der Waals surface area contributed by atoms with Gasteiger partial charge in [0, 0.05) is 11.6 Å². The van der Waals surface area contributed by atoms with E-state index < -0.39 is 0 Å². The van der Waals surface area contributed by atoms with Crippen LogP contribution in [-0.2, 0) is 0 Å². The molecule has 2 saturated carbocycles. The van der Waals surface area contributed by atoms with Crippen LogP contribution in [0.1, 0.15) is 51.9 Å². The monoisotopic (exact) mass is 193 g/mol. The Balaban J connectivity index is 1.77. The second kappa shape index (κ2) is 2.98. The fraction of sp³-hybridized carbons (Fsp3) is 1.00. The van der Waals surface area contributed by atoms with Crippen LogP contribution in [0.5, 0.6) is 0 Å². The molecular formula is C13H23N. The van der Waals surface area contributed by atoms with Gasteiger partial charge in [-0.25, -0.2) is 0 Å². The topological polar surface area (TPSA) is 3.01 Å². The van der Waals surface area contributed by atoms with Crippen LogP contribution in [0.3, 0.4) is 0 Å². The van der Waals surface area contributed by atoms with Gasteiger partial charge in [-0.3, -0.25) is 4.90 Å².